The number of furan rings is 1. The molecule has 0 bridgehead atoms. The lowest BCUT2D eigenvalue weighted by Crippen LogP contribution is -2.06. The van der Waals surface area contributed by atoms with Gasteiger partial charge in [-0.25, -0.2) is 15.0 Å². The predicted octanol–water partition coefficient (Wildman–Crippen LogP) is 10.4. The van der Waals surface area contributed by atoms with Crippen molar-refractivity contribution in [1.29, 1.82) is 0 Å². The number of para-hydroxylation sites is 1. The molecule has 0 saturated heterocycles. The smallest absolute Gasteiger partial charge is 0.164 e. The molecule has 0 atom stereocenters. The molecule has 2 aromatic heterocycles. The van der Waals surface area contributed by atoms with Crippen LogP contribution in [0.3, 0.4) is 0 Å². The minimum Gasteiger partial charge on any atom is -0.456 e. The number of nitrogens with zero attached hydrogens (tertiary/aromatic N) is 3. The van der Waals surface area contributed by atoms with E-state index in [9.17, 15) is 0 Å². The highest BCUT2D eigenvalue weighted by atomic mass is 16.3. The van der Waals surface area contributed by atoms with E-state index in [0.29, 0.717) is 11.6 Å². The van der Waals surface area contributed by atoms with Gasteiger partial charge in [-0.1, -0.05) is 115 Å². The average molecular weight is 578 g/mol. The number of fused-ring (bicyclic) bond motifs is 5. The molecule has 4 nitrogen and oxygen atoms in total. The van der Waals surface area contributed by atoms with E-state index < -0.39 is 0 Å². The molecule has 0 aliphatic heterocycles. The second-order valence-electron chi connectivity index (χ2n) is 11.6. The summed E-state index contributed by atoms with van der Waals surface area (Å²) >= 11 is 0. The summed E-state index contributed by atoms with van der Waals surface area (Å²) in [7, 11) is 0. The summed E-state index contributed by atoms with van der Waals surface area (Å²) in [6, 6.07) is 46.3. The van der Waals surface area contributed by atoms with Gasteiger partial charge in [-0.3, -0.25) is 0 Å². The largest absolute Gasteiger partial charge is 0.456 e. The fraction of sp³-hybridized carbons (Fsp3) is 0.0488. The van der Waals surface area contributed by atoms with Crippen LogP contribution in [0.5, 0.6) is 0 Å². The zero-order valence-corrected chi connectivity index (χ0v) is 24.4. The van der Waals surface area contributed by atoms with Crippen LogP contribution < -0.4 is 0 Å². The maximum Gasteiger partial charge on any atom is 0.164 e. The quantitative estimate of drug-likeness (QED) is 0.209. The number of aryl methyl sites for hydroxylation is 1. The van der Waals surface area contributed by atoms with Crippen LogP contribution in [0.4, 0.5) is 0 Å². The molecule has 0 spiro atoms. The summed E-state index contributed by atoms with van der Waals surface area (Å²) in [6.45, 7) is 0. The molecule has 8 aromatic rings. The summed E-state index contributed by atoms with van der Waals surface area (Å²) in [5, 5.41) is 4.68. The number of allylic oxidation sites excluding steroid dienone is 1. The minimum absolute atomic E-state index is 0.686. The highest BCUT2D eigenvalue weighted by molar-refractivity contribution is 6.12. The van der Waals surface area contributed by atoms with E-state index in [1.807, 2.05) is 30.3 Å². The zero-order chi connectivity index (χ0) is 29.7. The summed E-state index contributed by atoms with van der Waals surface area (Å²) < 4.78 is 6.17. The number of hydrogen-bond donors (Lipinski definition) is 0. The van der Waals surface area contributed by atoms with E-state index in [0.717, 1.165) is 51.9 Å². The van der Waals surface area contributed by atoms with Crippen LogP contribution in [0.15, 0.2) is 138 Å². The van der Waals surface area contributed by atoms with Crippen LogP contribution in [-0.4, -0.2) is 15.0 Å². The van der Waals surface area contributed by atoms with Gasteiger partial charge >= 0.3 is 0 Å². The van der Waals surface area contributed by atoms with Crippen LogP contribution in [0, 0.1) is 0 Å². The number of rotatable bonds is 4. The summed E-state index contributed by atoms with van der Waals surface area (Å²) in [5.41, 5.74) is 9.85. The standard InChI is InChI=1S/C41H27N3O/c1-2-10-27(11-3-1)39-42-40(32-21-17-26-9-4-5-12-28(26)24-32)44-41(43-39)33-22-19-29-23-31(20-18-30(29)25-33)34-14-8-16-37-38(34)35-13-6-7-15-36(35)45-37/h1-18,20-21,23-25H,19,22H2. The molecule has 0 unspecified atom stereocenters. The third kappa shape index (κ3) is 4.50. The topological polar surface area (TPSA) is 51.8 Å². The van der Waals surface area contributed by atoms with Crippen molar-refractivity contribution in [3.05, 3.63) is 150 Å². The van der Waals surface area contributed by atoms with Crippen molar-refractivity contribution in [3.63, 3.8) is 0 Å². The van der Waals surface area contributed by atoms with Gasteiger partial charge in [0.25, 0.3) is 0 Å². The maximum atomic E-state index is 6.17. The first-order chi connectivity index (χ1) is 22.3. The van der Waals surface area contributed by atoms with E-state index in [2.05, 4.69) is 109 Å². The van der Waals surface area contributed by atoms with Crippen molar-refractivity contribution in [1.82, 2.24) is 15.0 Å². The van der Waals surface area contributed by atoms with Crippen LogP contribution in [0.1, 0.15) is 23.4 Å². The van der Waals surface area contributed by atoms with Gasteiger partial charge < -0.3 is 4.42 Å². The second-order valence-corrected chi connectivity index (χ2v) is 11.6. The molecule has 0 radical (unpaired) electrons. The highest BCUT2D eigenvalue weighted by Gasteiger charge is 2.19. The molecule has 9 rings (SSSR count). The van der Waals surface area contributed by atoms with Gasteiger partial charge in [0.15, 0.2) is 17.5 Å². The Labute approximate surface area is 260 Å². The summed E-state index contributed by atoms with van der Waals surface area (Å²) in [5.74, 6) is 2.11. The van der Waals surface area contributed by atoms with Crippen LogP contribution in [-0.2, 0) is 6.42 Å². The third-order valence-electron chi connectivity index (χ3n) is 8.81. The first kappa shape index (κ1) is 25.6. The summed E-state index contributed by atoms with van der Waals surface area (Å²) in [6.07, 6.45) is 4.02. The number of hydrogen-bond acceptors (Lipinski definition) is 4. The van der Waals surface area contributed by atoms with E-state index in [1.54, 1.807) is 0 Å². The molecule has 0 amide bonds. The monoisotopic (exact) mass is 577 g/mol. The lowest BCUT2D eigenvalue weighted by atomic mass is 9.88. The van der Waals surface area contributed by atoms with Gasteiger partial charge in [-0.15, -0.1) is 0 Å². The Bertz CT molecular complexity index is 2440. The Kier molecular flexibility index (Phi) is 5.91. The van der Waals surface area contributed by atoms with Crippen molar-refractivity contribution in [2.24, 2.45) is 0 Å². The SMILES string of the molecule is C1=C(c2nc(-c3ccccc3)nc(-c3ccc4ccccc4c3)n2)CCc2cc(-c3cccc4oc5ccccc5c34)ccc21. The Hall–Kier alpha value is -5.87. The fourth-order valence-corrected chi connectivity index (χ4v) is 6.54. The Morgan fingerprint density at radius 3 is 2.13 bits per heavy atom. The Morgan fingerprint density at radius 1 is 0.489 bits per heavy atom. The van der Waals surface area contributed by atoms with Crippen LogP contribution >= 0.6 is 0 Å². The molecule has 4 heteroatoms. The third-order valence-corrected chi connectivity index (χ3v) is 8.81. The average Bonchev–Trinajstić information content (AvgIpc) is 3.50. The van der Waals surface area contributed by atoms with Gasteiger partial charge in [0.2, 0.25) is 0 Å². The first-order valence-electron chi connectivity index (χ1n) is 15.3. The Balaban J connectivity index is 1.14. The van der Waals surface area contributed by atoms with E-state index in [1.165, 1.54) is 38.4 Å². The van der Waals surface area contributed by atoms with Crippen molar-refractivity contribution in [2.75, 3.05) is 0 Å². The van der Waals surface area contributed by atoms with Gasteiger partial charge in [0.05, 0.1) is 0 Å². The normalized spacial score (nSPS) is 12.8. The molecular weight excluding hydrogens is 550 g/mol. The lowest BCUT2D eigenvalue weighted by molar-refractivity contribution is 0.669. The molecule has 212 valence electrons. The molecule has 45 heavy (non-hydrogen) atoms. The van der Waals surface area contributed by atoms with E-state index in [4.69, 9.17) is 19.4 Å². The molecule has 6 aromatic carbocycles. The fourth-order valence-electron chi connectivity index (χ4n) is 6.54. The molecule has 1 aliphatic rings. The molecule has 0 saturated carbocycles. The molecule has 2 heterocycles. The highest BCUT2D eigenvalue weighted by Crippen LogP contribution is 2.39. The zero-order valence-electron chi connectivity index (χ0n) is 24.4. The first-order valence-corrected chi connectivity index (χ1v) is 15.3. The predicted molar refractivity (Wildman–Crippen MR) is 184 cm³/mol. The van der Waals surface area contributed by atoms with E-state index >= 15 is 0 Å². The molecule has 0 fully saturated rings. The van der Waals surface area contributed by atoms with Crippen molar-refractivity contribution in [3.8, 4) is 33.9 Å². The van der Waals surface area contributed by atoms with Crippen LogP contribution in [0.2, 0.25) is 0 Å². The maximum absolute atomic E-state index is 6.17. The molecule has 1 aliphatic carbocycles. The van der Waals surface area contributed by atoms with Crippen molar-refractivity contribution >= 4 is 44.4 Å². The second kappa shape index (κ2) is 10.4. The van der Waals surface area contributed by atoms with E-state index in [-0.39, 0.29) is 0 Å². The number of aromatic nitrogens is 3. The van der Waals surface area contributed by atoms with Crippen molar-refractivity contribution < 1.29 is 4.42 Å². The number of benzene rings is 6. The minimum atomic E-state index is 0.686. The lowest BCUT2D eigenvalue weighted by Gasteiger charge is -2.18. The molecular formula is C41H27N3O. The molecule has 0 N–H and O–H groups in total. The van der Waals surface area contributed by atoms with Crippen molar-refractivity contribution in [2.45, 2.75) is 12.8 Å². The van der Waals surface area contributed by atoms with Gasteiger partial charge in [-0.05, 0) is 75.7 Å². The van der Waals surface area contributed by atoms with Crippen LogP contribution in [0.25, 0.3) is 78.3 Å². The Morgan fingerprint density at radius 2 is 1.22 bits per heavy atom. The summed E-state index contributed by atoms with van der Waals surface area (Å²) in [4.78, 5) is 15.0. The van der Waals surface area contributed by atoms with Gasteiger partial charge in [0, 0.05) is 21.9 Å². The van der Waals surface area contributed by atoms with Gasteiger partial charge in [0.1, 0.15) is 11.2 Å². The van der Waals surface area contributed by atoms with Gasteiger partial charge in [-0.2, -0.15) is 0 Å².